The van der Waals surface area contributed by atoms with E-state index in [1.165, 1.54) is 0 Å². The van der Waals surface area contributed by atoms with Crippen LogP contribution in [0.5, 0.6) is 5.75 Å². The summed E-state index contributed by atoms with van der Waals surface area (Å²) in [6.45, 7) is 7.27. The van der Waals surface area contributed by atoms with Crippen molar-refractivity contribution < 1.29 is 9.53 Å². The number of carbonyl (C=O) groups excluding carboxylic acids is 1. The van der Waals surface area contributed by atoms with Crippen LogP contribution in [0.25, 0.3) is 0 Å². The van der Waals surface area contributed by atoms with Gasteiger partial charge in [0.05, 0.1) is 18.4 Å². The van der Waals surface area contributed by atoms with Crippen LogP contribution in [0.15, 0.2) is 42.5 Å². The van der Waals surface area contributed by atoms with Gasteiger partial charge in [0.25, 0.3) is 5.91 Å². The topological polar surface area (TPSA) is 70.8 Å². The largest absolute Gasteiger partial charge is 0.495 e. The molecular formula is C21H28N4O2. The normalized spacial score (nSPS) is 14.4. The average Bonchev–Trinajstić information content (AvgIpc) is 2.67. The standard InChI is InChI=1S/C21H28N4O2/c1-15(2)23-21(26)17-14-16(22)8-9-18(17)24-10-12-25(13-11-24)19-6-4-5-7-20(19)27-3/h4-9,14-15H,10-13,22H2,1-3H3,(H,23,26). The lowest BCUT2D eigenvalue weighted by Gasteiger charge is -2.38. The van der Waals surface area contributed by atoms with Crippen LogP contribution >= 0.6 is 0 Å². The molecule has 6 nitrogen and oxygen atoms in total. The maximum atomic E-state index is 12.6. The number of piperazine rings is 1. The lowest BCUT2D eigenvalue weighted by molar-refractivity contribution is 0.0943. The third-order valence-corrected chi connectivity index (χ3v) is 4.73. The van der Waals surface area contributed by atoms with Crippen LogP contribution in [0.2, 0.25) is 0 Å². The van der Waals surface area contributed by atoms with E-state index in [-0.39, 0.29) is 11.9 Å². The molecule has 0 atom stereocenters. The fraction of sp³-hybridized carbons (Fsp3) is 0.381. The van der Waals surface area contributed by atoms with Crippen molar-refractivity contribution in [1.82, 2.24) is 5.32 Å². The number of anilines is 3. The van der Waals surface area contributed by atoms with Crippen molar-refractivity contribution in [2.45, 2.75) is 19.9 Å². The number of nitrogen functional groups attached to an aromatic ring is 1. The highest BCUT2D eigenvalue weighted by Crippen LogP contribution is 2.30. The number of methoxy groups -OCH3 is 1. The van der Waals surface area contributed by atoms with Crippen molar-refractivity contribution in [2.75, 3.05) is 48.8 Å². The second-order valence-corrected chi connectivity index (χ2v) is 7.05. The highest BCUT2D eigenvalue weighted by molar-refractivity contribution is 6.01. The van der Waals surface area contributed by atoms with Crippen molar-refractivity contribution >= 4 is 23.0 Å². The molecule has 1 fully saturated rings. The number of nitrogens with two attached hydrogens (primary N) is 1. The fourth-order valence-corrected chi connectivity index (χ4v) is 3.43. The summed E-state index contributed by atoms with van der Waals surface area (Å²) in [5.41, 5.74) is 9.20. The Morgan fingerprint density at radius 2 is 1.67 bits per heavy atom. The molecule has 0 spiro atoms. The number of benzene rings is 2. The molecule has 0 bridgehead atoms. The first kappa shape index (κ1) is 18.9. The molecule has 3 N–H and O–H groups in total. The summed E-state index contributed by atoms with van der Waals surface area (Å²) in [6.07, 6.45) is 0. The van der Waals surface area contributed by atoms with Gasteiger partial charge in [0, 0.05) is 43.6 Å². The molecule has 1 aliphatic rings. The smallest absolute Gasteiger partial charge is 0.253 e. The van der Waals surface area contributed by atoms with Gasteiger partial charge >= 0.3 is 0 Å². The minimum Gasteiger partial charge on any atom is -0.495 e. The third-order valence-electron chi connectivity index (χ3n) is 4.73. The number of carbonyl (C=O) groups is 1. The van der Waals surface area contributed by atoms with Crippen LogP contribution < -0.4 is 25.6 Å². The molecule has 0 unspecified atom stereocenters. The van der Waals surface area contributed by atoms with Crippen molar-refractivity contribution in [3.8, 4) is 5.75 Å². The average molecular weight is 368 g/mol. The highest BCUT2D eigenvalue weighted by atomic mass is 16.5. The lowest BCUT2D eigenvalue weighted by Crippen LogP contribution is -2.47. The molecule has 0 aliphatic carbocycles. The summed E-state index contributed by atoms with van der Waals surface area (Å²) in [7, 11) is 1.70. The van der Waals surface area contributed by atoms with Gasteiger partial charge in [-0.05, 0) is 44.2 Å². The Balaban J connectivity index is 1.77. The van der Waals surface area contributed by atoms with Crippen LogP contribution in [0.3, 0.4) is 0 Å². The van der Waals surface area contributed by atoms with Crippen LogP contribution in [0.4, 0.5) is 17.1 Å². The Kier molecular flexibility index (Phi) is 5.74. The molecular weight excluding hydrogens is 340 g/mol. The summed E-state index contributed by atoms with van der Waals surface area (Å²) in [5.74, 6) is 0.801. The number of amides is 1. The number of rotatable bonds is 5. The van der Waals surface area contributed by atoms with Crippen molar-refractivity contribution in [1.29, 1.82) is 0 Å². The van der Waals surface area contributed by atoms with Gasteiger partial charge in [0.2, 0.25) is 0 Å². The number of hydrogen-bond acceptors (Lipinski definition) is 5. The number of para-hydroxylation sites is 2. The molecule has 2 aromatic carbocycles. The Hall–Kier alpha value is -2.89. The minimum atomic E-state index is -0.0838. The van der Waals surface area contributed by atoms with E-state index in [9.17, 15) is 4.79 Å². The van der Waals surface area contributed by atoms with E-state index in [1.54, 1.807) is 13.2 Å². The molecule has 2 aromatic rings. The van der Waals surface area contributed by atoms with Gasteiger partial charge in [-0.3, -0.25) is 4.79 Å². The van der Waals surface area contributed by atoms with Crippen molar-refractivity contribution in [3.05, 3.63) is 48.0 Å². The van der Waals surface area contributed by atoms with Gasteiger partial charge in [-0.1, -0.05) is 12.1 Å². The van der Waals surface area contributed by atoms with E-state index in [0.717, 1.165) is 43.3 Å². The first-order chi connectivity index (χ1) is 13.0. The number of nitrogens with one attached hydrogen (secondary N) is 1. The van der Waals surface area contributed by atoms with E-state index in [1.807, 2.05) is 44.2 Å². The Labute approximate surface area is 160 Å². The zero-order valence-corrected chi connectivity index (χ0v) is 16.2. The van der Waals surface area contributed by atoms with Crippen molar-refractivity contribution in [3.63, 3.8) is 0 Å². The SMILES string of the molecule is COc1ccccc1N1CCN(c2ccc(N)cc2C(=O)NC(C)C)CC1. The van der Waals surface area contributed by atoms with E-state index in [2.05, 4.69) is 21.2 Å². The van der Waals surface area contributed by atoms with Crippen LogP contribution in [0, 0.1) is 0 Å². The molecule has 0 saturated carbocycles. The lowest BCUT2D eigenvalue weighted by atomic mass is 10.1. The monoisotopic (exact) mass is 368 g/mol. The van der Waals surface area contributed by atoms with Gasteiger partial charge in [0.15, 0.2) is 0 Å². The summed E-state index contributed by atoms with van der Waals surface area (Å²) in [4.78, 5) is 17.2. The fourth-order valence-electron chi connectivity index (χ4n) is 3.43. The Bertz CT molecular complexity index is 799. The van der Waals surface area contributed by atoms with Gasteiger partial charge in [-0.2, -0.15) is 0 Å². The maximum absolute atomic E-state index is 12.6. The second kappa shape index (κ2) is 8.20. The summed E-state index contributed by atoms with van der Waals surface area (Å²) >= 11 is 0. The predicted molar refractivity (Wildman–Crippen MR) is 111 cm³/mol. The third kappa shape index (κ3) is 4.27. The maximum Gasteiger partial charge on any atom is 0.253 e. The summed E-state index contributed by atoms with van der Waals surface area (Å²) in [5, 5.41) is 2.97. The molecule has 0 aromatic heterocycles. The first-order valence-corrected chi connectivity index (χ1v) is 9.33. The molecule has 27 heavy (non-hydrogen) atoms. The Morgan fingerprint density at radius 3 is 2.30 bits per heavy atom. The molecule has 144 valence electrons. The first-order valence-electron chi connectivity index (χ1n) is 9.33. The van der Waals surface area contributed by atoms with Gasteiger partial charge < -0.3 is 25.6 Å². The molecule has 1 aliphatic heterocycles. The van der Waals surface area contributed by atoms with Crippen LogP contribution in [-0.2, 0) is 0 Å². The molecule has 3 rings (SSSR count). The minimum absolute atomic E-state index is 0.0779. The van der Waals surface area contributed by atoms with Crippen LogP contribution in [0.1, 0.15) is 24.2 Å². The van der Waals surface area contributed by atoms with Gasteiger partial charge in [-0.25, -0.2) is 0 Å². The zero-order chi connectivity index (χ0) is 19.4. The molecule has 6 heteroatoms. The van der Waals surface area contributed by atoms with Crippen LogP contribution in [-0.4, -0.2) is 45.2 Å². The zero-order valence-electron chi connectivity index (χ0n) is 16.2. The quantitative estimate of drug-likeness (QED) is 0.794. The number of hydrogen-bond donors (Lipinski definition) is 2. The molecule has 1 saturated heterocycles. The summed E-state index contributed by atoms with van der Waals surface area (Å²) < 4.78 is 5.49. The van der Waals surface area contributed by atoms with Gasteiger partial charge in [0.1, 0.15) is 5.75 Å². The number of ether oxygens (including phenoxy) is 1. The predicted octanol–water partition coefficient (Wildman–Crippen LogP) is 2.74. The molecule has 1 amide bonds. The van der Waals surface area contributed by atoms with Crippen molar-refractivity contribution in [2.24, 2.45) is 0 Å². The Morgan fingerprint density at radius 1 is 1.04 bits per heavy atom. The van der Waals surface area contributed by atoms with E-state index in [4.69, 9.17) is 10.5 Å². The highest BCUT2D eigenvalue weighted by Gasteiger charge is 2.23. The van der Waals surface area contributed by atoms with Gasteiger partial charge in [-0.15, -0.1) is 0 Å². The van der Waals surface area contributed by atoms with E-state index >= 15 is 0 Å². The number of nitrogens with zero attached hydrogens (tertiary/aromatic N) is 2. The summed E-state index contributed by atoms with van der Waals surface area (Å²) in [6, 6.07) is 13.7. The van der Waals surface area contributed by atoms with E-state index in [0.29, 0.717) is 11.3 Å². The molecule has 0 radical (unpaired) electrons. The molecule has 1 heterocycles. The second-order valence-electron chi connectivity index (χ2n) is 7.05. The van der Waals surface area contributed by atoms with E-state index < -0.39 is 0 Å².